The smallest absolute Gasteiger partial charge is 0.263 e. The Morgan fingerprint density at radius 3 is 2.90 bits per heavy atom. The van der Waals surface area contributed by atoms with Crippen molar-refractivity contribution in [2.24, 2.45) is 0 Å². The Morgan fingerprint density at radius 1 is 1.43 bits per heavy atom. The van der Waals surface area contributed by atoms with Gasteiger partial charge in [0.25, 0.3) is 5.56 Å². The Labute approximate surface area is 130 Å². The van der Waals surface area contributed by atoms with Gasteiger partial charge in [-0.3, -0.25) is 9.36 Å². The summed E-state index contributed by atoms with van der Waals surface area (Å²) in [5.41, 5.74) is 0.943. The summed E-state index contributed by atoms with van der Waals surface area (Å²) >= 11 is 6.89. The van der Waals surface area contributed by atoms with Gasteiger partial charge in [0.1, 0.15) is 11.2 Å². The van der Waals surface area contributed by atoms with Crippen LogP contribution < -0.4 is 5.56 Å². The van der Waals surface area contributed by atoms with Crippen molar-refractivity contribution in [3.8, 4) is 0 Å². The summed E-state index contributed by atoms with van der Waals surface area (Å²) in [6.07, 6.45) is 1.66. The van der Waals surface area contributed by atoms with Crippen LogP contribution in [-0.4, -0.2) is 24.3 Å². The molecule has 3 aromatic heterocycles. The number of hydrogen-bond acceptors (Lipinski definition) is 5. The summed E-state index contributed by atoms with van der Waals surface area (Å²) in [5.74, 6) is 0.725. The van der Waals surface area contributed by atoms with Crippen LogP contribution in [0.15, 0.2) is 11.1 Å². The van der Waals surface area contributed by atoms with E-state index >= 15 is 0 Å². The fourth-order valence-corrected chi connectivity index (χ4v) is 3.68. The van der Waals surface area contributed by atoms with Crippen LogP contribution in [0.2, 0.25) is 0 Å². The monoisotopic (exact) mass is 321 g/mol. The number of hydrogen-bond donors (Lipinski definition) is 1. The first-order chi connectivity index (χ1) is 10.0. The molecule has 0 atom stereocenters. The van der Waals surface area contributed by atoms with Gasteiger partial charge in [-0.05, 0) is 38.6 Å². The van der Waals surface area contributed by atoms with Crippen molar-refractivity contribution in [2.45, 2.75) is 33.9 Å². The van der Waals surface area contributed by atoms with Gasteiger partial charge in [-0.1, -0.05) is 0 Å². The van der Waals surface area contributed by atoms with Gasteiger partial charge in [0.15, 0.2) is 10.6 Å². The van der Waals surface area contributed by atoms with Crippen LogP contribution in [0.4, 0.5) is 0 Å². The van der Waals surface area contributed by atoms with E-state index in [-0.39, 0.29) is 5.56 Å². The number of nitrogens with zero attached hydrogens (tertiary/aromatic N) is 4. The first-order valence-electron chi connectivity index (χ1n) is 6.62. The average Bonchev–Trinajstić information content (AvgIpc) is 3.00. The van der Waals surface area contributed by atoms with Crippen molar-refractivity contribution in [3.05, 3.63) is 37.7 Å². The summed E-state index contributed by atoms with van der Waals surface area (Å²) in [6, 6.07) is 0. The molecular weight excluding hydrogens is 306 g/mol. The van der Waals surface area contributed by atoms with Gasteiger partial charge in [-0.25, -0.2) is 0 Å². The predicted octanol–water partition coefficient (Wildman–Crippen LogP) is 2.40. The average molecular weight is 321 g/mol. The van der Waals surface area contributed by atoms with Crippen molar-refractivity contribution in [1.29, 1.82) is 0 Å². The van der Waals surface area contributed by atoms with Crippen LogP contribution in [0.3, 0.4) is 0 Å². The molecule has 3 aromatic rings. The maximum absolute atomic E-state index is 12.7. The number of thiophene rings is 1. The van der Waals surface area contributed by atoms with Gasteiger partial charge >= 0.3 is 0 Å². The van der Waals surface area contributed by atoms with E-state index in [1.54, 1.807) is 22.2 Å². The summed E-state index contributed by atoms with van der Waals surface area (Å²) in [6.45, 7) is 7.06. The molecule has 0 aliphatic carbocycles. The standard InChI is InChI=1S/C13H15N5OS2/c1-4-17-6-14-16-9(17)5-18-12(19)10-7(2)8(3)21-11(10)15-13(18)20/h6H,4-5H2,1-3H3,(H,15,20). The highest BCUT2D eigenvalue weighted by Crippen LogP contribution is 2.25. The molecule has 0 aliphatic rings. The topological polar surface area (TPSA) is 68.5 Å². The Balaban J connectivity index is 2.21. The van der Waals surface area contributed by atoms with Gasteiger partial charge in [0.05, 0.1) is 11.9 Å². The Kier molecular flexibility index (Phi) is 3.50. The van der Waals surface area contributed by atoms with Crippen LogP contribution in [0.25, 0.3) is 10.2 Å². The third kappa shape index (κ3) is 2.24. The lowest BCUT2D eigenvalue weighted by atomic mass is 10.2. The molecule has 3 rings (SSSR count). The Bertz CT molecular complexity index is 930. The molecule has 0 spiro atoms. The molecule has 21 heavy (non-hydrogen) atoms. The molecule has 0 aromatic carbocycles. The van der Waals surface area contributed by atoms with Crippen LogP contribution in [0.1, 0.15) is 23.2 Å². The molecule has 110 valence electrons. The summed E-state index contributed by atoms with van der Waals surface area (Å²) in [7, 11) is 0. The maximum Gasteiger partial charge on any atom is 0.263 e. The highest BCUT2D eigenvalue weighted by atomic mass is 32.1. The number of aryl methyl sites for hydroxylation is 3. The minimum Gasteiger partial charge on any atom is -0.323 e. The number of fused-ring (bicyclic) bond motifs is 1. The van der Waals surface area contributed by atoms with E-state index in [1.807, 2.05) is 25.3 Å². The molecule has 8 heteroatoms. The summed E-state index contributed by atoms with van der Waals surface area (Å²) in [5, 5.41) is 8.67. The first kappa shape index (κ1) is 14.2. The molecule has 0 bridgehead atoms. The molecule has 0 amide bonds. The molecular formula is C13H15N5OS2. The van der Waals surface area contributed by atoms with Crippen molar-refractivity contribution in [2.75, 3.05) is 0 Å². The third-order valence-electron chi connectivity index (χ3n) is 3.65. The van der Waals surface area contributed by atoms with Gasteiger partial charge in [0.2, 0.25) is 0 Å². The zero-order valence-electron chi connectivity index (χ0n) is 12.0. The molecule has 0 fully saturated rings. The molecule has 0 radical (unpaired) electrons. The van der Waals surface area contributed by atoms with Crippen molar-refractivity contribution in [1.82, 2.24) is 24.3 Å². The summed E-state index contributed by atoms with van der Waals surface area (Å²) in [4.78, 5) is 17.9. The number of H-pyrrole nitrogens is 1. The second-order valence-corrected chi connectivity index (χ2v) is 6.45. The largest absolute Gasteiger partial charge is 0.323 e. The van der Waals surface area contributed by atoms with Gasteiger partial charge in [-0.15, -0.1) is 21.5 Å². The predicted molar refractivity (Wildman–Crippen MR) is 85.5 cm³/mol. The molecule has 0 unspecified atom stereocenters. The maximum atomic E-state index is 12.7. The minimum absolute atomic E-state index is 0.0683. The lowest BCUT2D eigenvalue weighted by Gasteiger charge is -2.07. The second-order valence-electron chi connectivity index (χ2n) is 4.84. The molecule has 6 nitrogen and oxygen atoms in total. The number of nitrogens with one attached hydrogen (secondary N) is 1. The fraction of sp³-hybridized carbons (Fsp3) is 0.385. The first-order valence-corrected chi connectivity index (χ1v) is 7.85. The fourth-order valence-electron chi connectivity index (χ4n) is 2.31. The van der Waals surface area contributed by atoms with Crippen molar-refractivity contribution < 1.29 is 0 Å². The number of aromatic amines is 1. The quantitative estimate of drug-likeness (QED) is 0.752. The SMILES string of the molecule is CCn1cnnc1Cn1c(=S)[nH]c2sc(C)c(C)c2c1=O. The van der Waals surface area contributed by atoms with Crippen LogP contribution in [-0.2, 0) is 13.1 Å². The van der Waals surface area contributed by atoms with E-state index in [0.717, 1.165) is 27.6 Å². The number of rotatable bonds is 3. The molecule has 0 saturated heterocycles. The second kappa shape index (κ2) is 5.19. The Hall–Kier alpha value is -1.80. The van der Waals surface area contributed by atoms with E-state index < -0.39 is 0 Å². The van der Waals surface area contributed by atoms with E-state index in [4.69, 9.17) is 12.2 Å². The third-order valence-corrected chi connectivity index (χ3v) is 5.09. The highest BCUT2D eigenvalue weighted by Gasteiger charge is 2.14. The molecule has 0 aliphatic heterocycles. The zero-order chi connectivity index (χ0) is 15.1. The van der Waals surface area contributed by atoms with E-state index in [9.17, 15) is 4.79 Å². The Morgan fingerprint density at radius 2 is 2.19 bits per heavy atom. The molecule has 0 saturated carbocycles. The van der Waals surface area contributed by atoms with Crippen molar-refractivity contribution in [3.63, 3.8) is 0 Å². The van der Waals surface area contributed by atoms with Crippen molar-refractivity contribution >= 4 is 33.8 Å². The highest BCUT2D eigenvalue weighted by molar-refractivity contribution is 7.71. The van der Waals surface area contributed by atoms with Crippen LogP contribution in [0.5, 0.6) is 0 Å². The summed E-state index contributed by atoms with van der Waals surface area (Å²) < 4.78 is 3.86. The zero-order valence-corrected chi connectivity index (χ0v) is 13.6. The van der Waals surface area contributed by atoms with Gasteiger partial charge < -0.3 is 9.55 Å². The van der Waals surface area contributed by atoms with Gasteiger partial charge in [-0.2, -0.15) is 0 Å². The molecule has 3 heterocycles. The van der Waals surface area contributed by atoms with E-state index in [2.05, 4.69) is 15.2 Å². The normalized spacial score (nSPS) is 11.4. The minimum atomic E-state index is -0.0683. The number of aromatic nitrogens is 5. The van der Waals surface area contributed by atoms with Crippen LogP contribution in [0, 0.1) is 18.6 Å². The van der Waals surface area contributed by atoms with Gasteiger partial charge in [0, 0.05) is 11.4 Å². The lowest BCUT2D eigenvalue weighted by molar-refractivity contribution is 0.630. The molecule has 1 N–H and O–H groups in total. The lowest BCUT2D eigenvalue weighted by Crippen LogP contribution is -2.24. The van der Waals surface area contributed by atoms with E-state index in [1.165, 1.54) is 0 Å². The van der Waals surface area contributed by atoms with Crippen LogP contribution >= 0.6 is 23.6 Å². The van der Waals surface area contributed by atoms with E-state index in [0.29, 0.717) is 16.7 Å².